The third-order valence-corrected chi connectivity index (χ3v) is 23.6. The molecule has 0 spiro atoms. The fourth-order valence-electron chi connectivity index (χ4n) is 5.68. The van der Waals surface area contributed by atoms with E-state index in [4.69, 9.17) is 35.9 Å². The molecule has 2 aliphatic heterocycles. The SMILES string of the molecule is CO[Si](C)(C)O[Si](C)(C)Oc1ccc(C2=Nc3ccc4c5c(ccc(c35)[Se]2)N=C(c2ccc(O[Si](C)(C)O[Si](C)(C)OC)cc2)[Se]4)cc1. The number of rotatable bonds is 12. The maximum absolute atomic E-state index is 6.33. The van der Waals surface area contributed by atoms with Crippen molar-refractivity contribution >= 4 is 104 Å². The summed E-state index contributed by atoms with van der Waals surface area (Å²) in [5.41, 5.74) is 4.28. The Bertz CT molecular complexity index is 1780. The molecular weight excluding hydrogens is 803 g/mol. The first kappa shape index (κ1) is 35.6. The van der Waals surface area contributed by atoms with E-state index >= 15 is 0 Å². The first-order chi connectivity index (χ1) is 22.6. The zero-order chi connectivity index (χ0) is 34.5. The van der Waals surface area contributed by atoms with E-state index in [1.54, 1.807) is 14.2 Å². The van der Waals surface area contributed by atoms with Crippen LogP contribution in [0.25, 0.3) is 10.8 Å². The topological polar surface area (TPSA) is 80.1 Å². The first-order valence-electron chi connectivity index (χ1n) is 15.8. The van der Waals surface area contributed by atoms with Gasteiger partial charge in [-0.3, -0.25) is 0 Å². The predicted octanol–water partition coefficient (Wildman–Crippen LogP) is 6.57. The van der Waals surface area contributed by atoms with Crippen LogP contribution in [0.3, 0.4) is 0 Å². The fraction of sp³-hybridized carbons (Fsp3) is 0.294. The molecule has 2 aliphatic rings. The summed E-state index contributed by atoms with van der Waals surface area (Å²) in [5.74, 6) is 1.62. The molecule has 4 aromatic carbocycles. The molecule has 0 amide bonds. The second-order valence-corrected chi connectivity index (χ2v) is 31.8. The summed E-state index contributed by atoms with van der Waals surface area (Å²) in [6, 6.07) is 25.4. The van der Waals surface area contributed by atoms with E-state index in [1.165, 1.54) is 19.7 Å². The van der Waals surface area contributed by atoms with Crippen LogP contribution in [0, 0.1) is 0 Å². The third kappa shape index (κ3) is 8.07. The average Bonchev–Trinajstić information content (AvgIpc) is 3.02. The molecule has 0 aromatic heterocycles. The fourth-order valence-corrected chi connectivity index (χ4v) is 22.0. The van der Waals surface area contributed by atoms with Gasteiger partial charge in [0.25, 0.3) is 0 Å². The average molecular weight is 845 g/mol. The predicted molar refractivity (Wildman–Crippen MR) is 207 cm³/mol. The van der Waals surface area contributed by atoms with Gasteiger partial charge in [-0.1, -0.05) is 0 Å². The van der Waals surface area contributed by atoms with E-state index in [0.717, 1.165) is 43.2 Å². The van der Waals surface area contributed by atoms with Gasteiger partial charge in [-0.2, -0.15) is 0 Å². The van der Waals surface area contributed by atoms with Crippen LogP contribution in [0.15, 0.2) is 82.8 Å². The molecule has 0 saturated carbocycles. The van der Waals surface area contributed by atoms with Crippen LogP contribution in [-0.2, 0) is 17.1 Å². The molecule has 0 N–H and O–H groups in total. The van der Waals surface area contributed by atoms with Crippen molar-refractivity contribution in [1.29, 1.82) is 0 Å². The summed E-state index contributed by atoms with van der Waals surface area (Å²) in [6.07, 6.45) is 0. The van der Waals surface area contributed by atoms with Gasteiger partial charge in [0.1, 0.15) is 0 Å². The van der Waals surface area contributed by atoms with Crippen molar-refractivity contribution in [1.82, 2.24) is 0 Å². The normalized spacial score (nSPS) is 14.9. The molecule has 48 heavy (non-hydrogen) atoms. The van der Waals surface area contributed by atoms with Crippen molar-refractivity contribution in [3.05, 3.63) is 83.9 Å². The van der Waals surface area contributed by atoms with E-state index in [2.05, 4.69) is 74.7 Å². The van der Waals surface area contributed by atoms with Crippen molar-refractivity contribution in [2.45, 2.75) is 52.4 Å². The maximum atomic E-state index is 6.33. The third-order valence-electron chi connectivity index (χ3n) is 7.79. The molecule has 0 bridgehead atoms. The minimum absolute atomic E-state index is 0.0618. The summed E-state index contributed by atoms with van der Waals surface area (Å²) >= 11 is 0.124. The summed E-state index contributed by atoms with van der Waals surface area (Å²) in [7, 11) is -5.80. The molecule has 0 radical (unpaired) electrons. The number of benzene rings is 4. The van der Waals surface area contributed by atoms with Crippen LogP contribution in [0.1, 0.15) is 11.1 Å². The zero-order valence-electron chi connectivity index (χ0n) is 29.1. The number of hydrogen-bond donors (Lipinski definition) is 0. The van der Waals surface area contributed by atoms with Crippen LogP contribution in [-0.4, -0.2) is 87.6 Å². The van der Waals surface area contributed by atoms with Crippen LogP contribution in [0.2, 0.25) is 52.4 Å². The van der Waals surface area contributed by atoms with E-state index in [-0.39, 0.29) is 29.9 Å². The van der Waals surface area contributed by atoms with Crippen molar-refractivity contribution in [2.24, 2.45) is 9.98 Å². The van der Waals surface area contributed by atoms with Gasteiger partial charge in [0, 0.05) is 0 Å². The Labute approximate surface area is 300 Å². The number of aliphatic imine (C=N–C) groups is 2. The Morgan fingerprint density at radius 2 is 0.812 bits per heavy atom. The van der Waals surface area contributed by atoms with Gasteiger partial charge in [0.2, 0.25) is 0 Å². The molecule has 4 aromatic rings. The van der Waals surface area contributed by atoms with Crippen molar-refractivity contribution < 1.29 is 25.9 Å². The van der Waals surface area contributed by atoms with Crippen LogP contribution in [0.4, 0.5) is 11.4 Å². The van der Waals surface area contributed by atoms with Crippen molar-refractivity contribution in [3.8, 4) is 11.5 Å². The first-order valence-corrected chi connectivity index (χ1v) is 30.5. The van der Waals surface area contributed by atoms with Crippen LogP contribution < -0.4 is 17.8 Å². The Hall–Kier alpha value is -2.17. The molecule has 0 atom stereocenters. The van der Waals surface area contributed by atoms with Gasteiger partial charge >= 0.3 is 302 Å². The molecule has 6 rings (SSSR count). The molecule has 0 fully saturated rings. The van der Waals surface area contributed by atoms with E-state index in [0.29, 0.717) is 0 Å². The monoisotopic (exact) mass is 846 g/mol. The molecule has 14 heteroatoms. The molecule has 2 heterocycles. The summed E-state index contributed by atoms with van der Waals surface area (Å²) in [4.78, 5) is 10.4. The molecule has 0 aliphatic carbocycles. The number of nitrogens with zero attached hydrogens (tertiary/aromatic N) is 2. The minimum atomic E-state index is -2.40. The van der Waals surface area contributed by atoms with Crippen LogP contribution in [0.5, 0.6) is 11.5 Å². The van der Waals surface area contributed by atoms with Crippen molar-refractivity contribution in [3.63, 3.8) is 0 Å². The summed E-state index contributed by atoms with van der Waals surface area (Å²) in [6.45, 7) is 16.4. The Morgan fingerprint density at radius 3 is 1.15 bits per heavy atom. The Morgan fingerprint density at radius 1 is 0.458 bits per heavy atom. The van der Waals surface area contributed by atoms with Gasteiger partial charge in [0.15, 0.2) is 0 Å². The van der Waals surface area contributed by atoms with Gasteiger partial charge in [-0.25, -0.2) is 0 Å². The molecule has 8 nitrogen and oxygen atoms in total. The second-order valence-electron chi connectivity index (χ2n) is 13.4. The van der Waals surface area contributed by atoms with E-state index in [1.807, 2.05) is 50.5 Å². The quantitative estimate of drug-likeness (QED) is 0.150. The number of hydrogen-bond acceptors (Lipinski definition) is 8. The molecule has 0 unspecified atom stereocenters. The second kappa shape index (κ2) is 13.5. The van der Waals surface area contributed by atoms with Crippen LogP contribution >= 0.6 is 0 Å². The van der Waals surface area contributed by atoms with Gasteiger partial charge in [-0.05, 0) is 0 Å². The Balaban J connectivity index is 1.21. The van der Waals surface area contributed by atoms with E-state index in [9.17, 15) is 0 Å². The molecular formula is C34H42N2O6Se2Si4. The van der Waals surface area contributed by atoms with Crippen molar-refractivity contribution in [2.75, 3.05) is 14.2 Å². The van der Waals surface area contributed by atoms with Gasteiger partial charge in [-0.15, -0.1) is 0 Å². The molecule has 252 valence electrons. The summed E-state index contributed by atoms with van der Waals surface area (Å²) < 4.78 is 41.3. The summed E-state index contributed by atoms with van der Waals surface area (Å²) in [5, 5.41) is 2.51. The van der Waals surface area contributed by atoms with Gasteiger partial charge in [0.05, 0.1) is 0 Å². The van der Waals surface area contributed by atoms with Gasteiger partial charge < -0.3 is 0 Å². The standard InChI is InChI=1S/C34H42N2O6Se2Si4/c1-37-45(3,4)41-47(7,8)39-25-15-11-23(12-16-25)33-35-27-19-22-30-32-28(20-21-29(43-33)31(27)32)36-34(44-30)24-13-17-26(18-14-24)40-48(9,10)42-46(5,6)38-2/h11-22H,1-10H3. The Kier molecular flexibility index (Phi) is 10.0. The molecule has 0 saturated heterocycles. The zero-order valence-corrected chi connectivity index (χ0v) is 36.5. The van der Waals surface area contributed by atoms with E-state index < -0.39 is 34.2 Å².